The van der Waals surface area contributed by atoms with Crippen molar-refractivity contribution in [3.63, 3.8) is 0 Å². The van der Waals surface area contributed by atoms with Crippen LogP contribution in [0, 0.1) is 6.92 Å². The highest BCUT2D eigenvalue weighted by molar-refractivity contribution is 7.10. The molecular weight excluding hydrogens is 412 g/mol. The number of carbonyl (C=O) groups excluding carboxylic acids is 2. The van der Waals surface area contributed by atoms with E-state index in [1.807, 2.05) is 11.4 Å². The van der Waals surface area contributed by atoms with Crippen LogP contribution in [0.3, 0.4) is 0 Å². The fourth-order valence-corrected chi connectivity index (χ4v) is 4.40. The van der Waals surface area contributed by atoms with Gasteiger partial charge in [-0.2, -0.15) is 0 Å². The lowest BCUT2D eigenvalue weighted by Crippen LogP contribution is -2.51. The van der Waals surface area contributed by atoms with Crippen molar-refractivity contribution in [3.05, 3.63) is 57.8 Å². The van der Waals surface area contributed by atoms with Gasteiger partial charge in [0.1, 0.15) is 0 Å². The molecule has 0 saturated carbocycles. The van der Waals surface area contributed by atoms with Gasteiger partial charge in [0.2, 0.25) is 11.8 Å². The van der Waals surface area contributed by atoms with E-state index in [1.54, 1.807) is 18.4 Å². The molecule has 8 heteroatoms. The zero-order valence-corrected chi connectivity index (χ0v) is 19.1. The summed E-state index contributed by atoms with van der Waals surface area (Å²) >= 11 is 1.65. The minimum absolute atomic E-state index is 0.0140. The zero-order valence-electron chi connectivity index (χ0n) is 18.3. The first kappa shape index (κ1) is 23.4. The number of hydrogen-bond acceptors (Lipinski definition) is 6. The number of rotatable bonds is 10. The number of carbonyl (C=O) groups is 2. The van der Waals surface area contributed by atoms with Gasteiger partial charge in [0.15, 0.2) is 0 Å². The van der Waals surface area contributed by atoms with Gasteiger partial charge < -0.3 is 15.4 Å². The highest BCUT2D eigenvalue weighted by Gasteiger charge is 2.23. The number of hydrogen-bond donors (Lipinski definition) is 2. The Kier molecular flexibility index (Phi) is 9.02. The van der Waals surface area contributed by atoms with Crippen LogP contribution in [0.4, 0.5) is 0 Å². The number of aryl methyl sites for hydroxylation is 1. The molecule has 2 amide bonds. The summed E-state index contributed by atoms with van der Waals surface area (Å²) in [6.45, 7) is 6.95. The number of methoxy groups -OCH3 is 1. The van der Waals surface area contributed by atoms with Crippen LogP contribution in [-0.2, 0) is 14.3 Å². The van der Waals surface area contributed by atoms with Crippen LogP contribution in [0.25, 0.3) is 0 Å². The molecule has 1 saturated heterocycles. The second-order valence-corrected chi connectivity index (χ2v) is 8.80. The van der Waals surface area contributed by atoms with Crippen molar-refractivity contribution in [2.24, 2.45) is 0 Å². The number of nitrogens with zero attached hydrogens (tertiary/aromatic N) is 2. The predicted octanol–water partition coefficient (Wildman–Crippen LogP) is 1.64. The van der Waals surface area contributed by atoms with Crippen LogP contribution >= 0.6 is 11.3 Å². The lowest BCUT2D eigenvalue weighted by atomic mass is 10.0. The Balaban J connectivity index is 1.47. The van der Waals surface area contributed by atoms with Gasteiger partial charge in [0.25, 0.3) is 0 Å². The Morgan fingerprint density at radius 3 is 2.26 bits per heavy atom. The molecule has 168 valence electrons. The maximum absolute atomic E-state index is 12.8. The second-order valence-electron chi connectivity index (χ2n) is 7.82. The molecule has 1 aliphatic heterocycles. The third kappa shape index (κ3) is 7.43. The summed E-state index contributed by atoms with van der Waals surface area (Å²) in [6.07, 6.45) is 0. The average molecular weight is 445 g/mol. The van der Waals surface area contributed by atoms with Crippen LogP contribution in [0.2, 0.25) is 0 Å². The Bertz CT molecular complexity index is 818. The monoisotopic (exact) mass is 444 g/mol. The van der Waals surface area contributed by atoms with Crippen molar-refractivity contribution in [2.75, 3.05) is 59.5 Å². The maximum Gasteiger partial charge on any atom is 0.234 e. The fourth-order valence-electron chi connectivity index (χ4n) is 3.60. The lowest BCUT2D eigenvalue weighted by Gasteiger charge is -2.34. The first-order chi connectivity index (χ1) is 15.0. The Hall–Kier alpha value is -2.26. The van der Waals surface area contributed by atoms with Crippen LogP contribution < -0.4 is 10.6 Å². The highest BCUT2D eigenvalue weighted by atomic mass is 32.1. The van der Waals surface area contributed by atoms with Crippen LogP contribution in [0.1, 0.15) is 22.0 Å². The van der Waals surface area contributed by atoms with E-state index in [2.05, 4.69) is 57.7 Å². The minimum Gasteiger partial charge on any atom is -0.383 e. The van der Waals surface area contributed by atoms with Gasteiger partial charge in [-0.25, -0.2) is 0 Å². The van der Waals surface area contributed by atoms with E-state index < -0.39 is 0 Å². The van der Waals surface area contributed by atoms with Crippen LogP contribution in [0.15, 0.2) is 41.8 Å². The normalized spacial score (nSPS) is 16.1. The summed E-state index contributed by atoms with van der Waals surface area (Å²) in [6, 6.07) is 12.3. The van der Waals surface area contributed by atoms with Gasteiger partial charge in [-0.3, -0.25) is 19.4 Å². The quantitative estimate of drug-likeness (QED) is 0.545. The van der Waals surface area contributed by atoms with E-state index >= 15 is 0 Å². The average Bonchev–Trinajstić information content (AvgIpc) is 3.29. The number of nitrogens with one attached hydrogen (secondary N) is 2. The third-order valence-corrected chi connectivity index (χ3v) is 6.31. The first-order valence-corrected chi connectivity index (χ1v) is 11.5. The molecule has 2 N–H and O–H groups in total. The Morgan fingerprint density at radius 2 is 1.68 bits per heavy atom. The van der Waals surface area contributed by atoms with E-state index in [-0.39, 0.29) is 17.9 Å². The van der Waals surface area contributed by atoms with Crippen molar-refractivity contribution >= 4 is 23.2 Å². The number of thiophene rings is 1. The molecule has 2 heterocycles. The number of ether oxygens (including phenoxy) is 1. The zero-order chi connectivity index (χ0) is 22.1. The fraction of sp³-hybridized carbons (Fsp3) is 0.478. The molecule has 31 heavy (non-hydrogen) atoms. The summed E-state index contributed by atoms with van der Waals surface area (Å²) in [5, 5.41) is 8.10. The summed E-state index contributed by atoms with van der Waals surface area (Å²) in [5.41, 5.74) is 2.29. The maximum atomic E-state index is 12.8. The van der Waals surface area contributed by atoms with Crippen molar-refractivity contribution in [1.82, 2.24) is 20.4 Å². The van der Waals surface area contributed by atoms with Crippen molar-refractivity contribution in [2.45, 2.75) is 13.0 Å². The van der Waals surface area contributed by atoms with Crippen molar-refractivity contribution in [1.29, 1.82) is 0 Å². The van der Waals surface area contributed by atoms with E-state index in [1.165, 1.54) is 5.56 Å². The third-order valence-electron chi connectivity index (χ3n) is 5.37. The smallest absolute Gasteiger partial charge is 0.234 e. The lowest BCUT2D eigenvalue weighted by molar-refractivity contribution is -0.125. The van der Waals surface area contributed by atoms with Gasteiger partial charge in [-0.15, -0.1) is 11.3 Å². The SMILES string of the molecule is COCCNC(=O)CN1CCN(CC(=O)NC(c2ccc(C)cc2)c2cccs2)CC1. The van der Waals surface area contributed by atoms with Gasteiger partial charge >= 0.3 is 0 Å². The summed E-state index contributed by atoms with van der Waals surface area (Å²) in [5.74, 6) is 0.0323. The van der Waals surface area contributed by atoms with E-state index in [0.717, 1.165) is 36.6 Å². The molecule has 0 aliphatic carbocycles. The Morgan fingerprint density at radius 1 is 1.03 bits per heavy atom. The van der Waals surface area contributed by atoms with E-state index in [0.29, 0.717) is 26.2 Å². The molecule has 1 fully saturated rings. The van der Waals surface area contributed by atoms with Gasteiger partial charge in [-0.1, -0.05) is 35.9 Å². The molecule has 0 radical (unpaired) electrons. The van der Waals surface area contributed by atoms with Crippen molar-refractivity contribution in [3.8, 4) is 0 Å². The molecule has 1 unspecified atom stereocenters. The van der Waals surface area contributed by atoms with Crippen molar-refractivity contribution < 1.29 is 14.3 Å². The van der Waals surface area contributed by atoms with Crippen LogP contribution in [0.5, 0.6) is 0 Å². The number of benzene rings is 1. The molecule has 1 atom stereocenters. The molecule has 1 aliphatic rings. The first-order valence-electron chi connectivity index (χ1n) is 10.6. The van der Waals surface area contributed by atoms with Gasteiger partial charge in [-0.05, 0) is 23.9 Å². The van der Waals surface area contributed by atoms with Gasteiger partial charge in [0, 0.05) is 44.7 Å². The Labute approximate surface area is 188 Å². The molecule has 0 bridgehead atoms. The molecule has 3 rings (SSSR count). The van der Waals surface area contributed by atoms with E-state index in [4.69, 9.17) is 4.74 Å². The summed E-state index contributed by atoms with van der Waals surface area (Å²) in [4.78, 5) is 30.2. The second kappa shape index (κ2) is 12.0. The minimum atomic E-state index is -0.134. The molecule has 1 aromatic heterocycles. The summed E-state index contributed by atoms with van der Waals surface area (Å²) < 4.78 is 4.95. The standard InChI is InChI=1S/C23H32N4O3S/c1-18-5-7-19(8-6-18)23(20-4-3-15-31-20)25-22(29)17-27-12-10-26(11-13-27)16-21(28)24-9-14-30-2/h3-8,15,23H,9-14,16-17H2,1-2H3,(H,24,28)(H,25,29). The number of amides is 2. The molecule has 2 aromatic rings. The number of piperazine rings is 1. The molecule has 0 spiro atoms. The molecule has 7 nitrogen and oxygen atoms in total. The summed E-state index contributed by atoms with van der Waals surface area (Å²) in [7, 11) is 1.62. The topological polar surface area (TPSA) is 73.9 Å². The van der Waals surface area contributed by atoms with Gasteiger partial charge in [0.05, 0.1) is 25.7 Å². The molecular formula is C23H32N4O3S. The van der Waals surface area contributed by atoms with E-state index in [9.17, 15) is 9.59 Å². The predicted molar refractivity (Wildman–Crippen MR) is 123 cm³/mol. The molecule has 1 aromatic carbocycles. The van der Waals surface area contributed by atoms with Crippen LogP contribution in [-0.4, -0.2) is 81.1 Å². The largest absolute Gasteiger partial charge is 0.383 e. The highest BCUT2D eigenvalue weighted by Crippen LogP contribution is 2.26.